The normalized spacial score (nSPS) is 13.8. The van der Waals surface area contributed by atoms with Crippen LogP contribution in [0.3, 0.4) is 0 Å². The molecule has 0 aliphatic carbocycles. The summed E-state index contributed by atoms with van der Waals surface area (Å²) in [6.45, 7) is 1.89. The molecule has 0 aromatic heterocycles. The SMILES string of the molecule is O=C(NCCCN1CCCC1=O)C(=Cc1ccc(C(=O)O)cc1)COc1cccc2ccccc12. The Morgan fingerprint density at radius 1 is 1.03 bits per heavy atom. The first kappa shape index (κ1) is 24.0. The molecule has 3 aromatic carbocycles. The Labute approximate surface area is 204 Å². The standard InChI is InChI=1S/C28H28N2O5/c31-26-10-4-16-30(26)17-5-15-29-27(32)23(18-20-11-13-22(14-12-20)28(33)34)19-35-25-9-3-7-21-6-1-2-8-24(21)25/h1-3,6-9,11-14,18H,4-5,10,15-17,19H2,(H,29,32)(H,33,34). The molecule has 180 valence electrons. The van der Waals surface area contributed by atoms with Crippen LogP contribution in [0.2, 0.25) is 0 Å². The summed E-state index contributed by atoms with van der Waals surface area (Å²) < 4.78 is 6.06. The Bertz CT molecular complexity index is 1240. The molecule has 2 amide bonds. The maximum Gasteiger partial charge on any atom is 0.335 e. The highest BCUT2D eigenvalue weighted by atomic mass is 16.5. The van der Waals surface area contributed by atoms with Gasteiger partial charge in [0.2, 0.25) is 5.91 Å². The van der Waals surface area contributed by atoms with Crippen molar-refractivity contribution in [2.24, 2.45) is 0 Å². The maximum absolute atomic E-state index is 13.0. The van der Waals surface area contributed by atoms with Crippen LogP contribution in [0.5, 0.6) is 5.75 Å². The number of ether oxygens (including phenoxy) is 1. The van der Waals surface area contributed by atoms with Crippen molar-refractivity contribution in [3.8, 4) is 5.75 Å². The molecule has 0 bridgehead atoms. The van der Waals surface area contributed by atoms with Crippen molar-refractivity contribution in [3.05, 3.63) is 83.4 Å². The average Bonchev–Trinajstić information content (AvgIpc) is 3.29. The molecule has 0 spiro atoms. The van der Waals surface area contributed by atoms with Crippen molar-refractivity contribution in [2.45, 2.75) is 19.3 Å². The molecule has 0 atom stereocenters. The summed E-state index contributed by atoms with van der Waals surface area (Å²) in [4.78, 5) is 37.8. The number of fused-ring (bicyclic) bond motifs is 1. The number of nitrogens with one attached hydrogen (secondary N) is 1. The lowest BCUT2D eigenvalue weighted by Crippen LogP contribution is -2.32. The average molecular weight is 473 g/mol. The molecule has 0 saturated carbocycles. The second-order valence-electron chi connectivity index (χ2n) is 8.46. The Morgan fingerprint density at radius 2 is 1.80 bits per heavy atom. The van der Waals surface area contributed by atoms with Gasteiger partial charge >= 0.3 is 5.97 Å². The fourth-order valence-electron chi connectivity index (χ4n) is 4.10. The molecule has 7 nitrogen and oxygen atoms in total. The van der Waals surface area contributed by atoms with Crippen LogP contribution in [0.15, 0.2) is 72.3 Å². The van der Waals surface area contributed by atoms with E-state index >= 15 is 0 Å². The van der Waals surface area contributed by atoms with Gasteiger partial charge in [0.1, 0.15) is 12.4 Å². The van der Waals surface area contributed by atoms with E-state index in [9.17, 15) is 14.4 Å². The fourth-order valence-corrected chi connectivity index (χ4v) is 4.10. The number of carboxylic acid groups (broad SMARTS) is 1. The van der Waals surface area contributed by atoms with Gasteiger partial charge in [0.25, 0.3) is 5.91 Å². The molecule has 1 aliphatic heterocycles. The van der Waals surface area contributed by atoms with Gasteiger partial charge in [-0.2, -0.15) is 0 Å². The summed E-state index contributed by atoms with van der Waals surface area (Å²) in [6.07, 6.45) is 3.87. The number of benzene rings is 3. The van der Waals surface area contributed by atoms with Gasteiger partial charge in [-0.05, 0) is 48.1 Å². The molecule has 1 fully saturated rings. The number of likely N-dealkylation sites (tertiary alicyclic amines) is 1. The maximum atomic E-state index is 13.0. The lowest BCUT2D eigenvalue weighted by atomic mass is 10.1. The van der Waals surface area contributed by atoms with Gasteiger partial charge in [0, 0.05) is 31.4 Å². The molecule has 1 aliphatic rings. The quantitative estimate of drug-likeness (QED) is 0.342. The second-order valence-corrected chi connectivity index (χ2v) is 8.46. The highest BCUT2D eigenvalue weighted by Crippen LogP contribution is 2.25. The van der Waals surface area contributed by atoms with E-state index in [1.807, 2.05) is 47.4 Å². The van der Waals surface area contributed by atoms with E-state index < -0.39 is 5.97 Å². The van der Waals surface area contributed by atoms with Crippen molar-refractivity contribution in [1.82, 2.24) is 10.2 Å². The van der Waals surface area contributed by atoms with E-state index in [2.05, 4.69) is 5.32 Å². The molecule has 0 radical (unpaired) electrons. The van der Waals surface area contributed by atoms with Gasteiger partial charge in [-0.1, -0.05) is 48.5 Å². The smallest absolute Gasteiger partial charge is 0.335 e. The number of amides is 2. The third kappa shape index (κ3) is 6.26. The summed E-state index contributed by atoms with van der Waals surface area (Å²) in [5.74, 6) is -0.421. The topological polar surface area (TPSA) is 95.9 Å². The molecular formula is C28H28N2O5. The Kier molecular flexibility index (Phi) is 7.77. The first-order valence-corrected chi connectivity index (χ1v) is 11.7. The van der Waals surface area contributed by atoms with Gasteiger partial charge in [-0.3, -0.25) is 9.59 Å². The van der Waals surface area contributed by atoms with Crippen molar-refractivity contribution >= 4 is 34.6 Å². The second kappa shape index (κ2) is 11.3. The van der Waals surface area contributed by atoms with Crippen molar-refractivity contribution in [3.63, 3.8) is 0 Å². The molecule has 35 heavy (non-hydrogen) atoms. The van der Waals surface area contributed by atoms with Crippen molar-refractivity contribution in [2.75, 3.05) is 26.2 Å². The highest BCUT2D eigenvalue weighted by Gasteiger charge is 2.19. The van der Waals surface area contributed by atoms with E-state index in [0.29, 0.717) is 42.8 Å². The van der Waals surface area contributed by atoms with Crippen LogP contribution in [0.4, 0.5) is 0 Å². The molecule has 1 heterocycles. The van der Waals surface area contributed by atoms with Gasteiger partial charge in [0.05, 0.1) is 11.1 Å². The fraction of sp³-hybridized carbons (Fsp3) is 0.250. The molecule has 0 unspecified atom stereocenters. The minimum absolute atomic E-state index is 0.0468. The predicted molar refractivity (Wildman–Crippen MR) is 134 cm³/mol. The van der Waals surface area contributed by atoms with E-state index in [4.69, 9.17) is 9.84 Å². The minimum atomic E-state index is -1.01. The monoisotopic (exact) mass is 472 g/mol. The summed E-state index contributed by atoms with van der Waals surface area (Å²) in [5, 5.41) is 14.1. The number of hydrogen-bond acceptors (Lipinski definition) is 4. The number of aromatic carboxylic acids is 1. The lowest BCUT2D eigenvalue weighted by molar-refractivity contribution is -0.127. The summed E-state index contributed by atoms with van der Waals surface area (Å²) in [5.41, 5.74) is 1.29. The van der Waals surface area contributed by atoms with Crippen molar-refractivity contribution < 1.29 is 24.2 Å². The van der Waals surface area contributed by atoms with Crippen LogP contribution in [-0.4, -0.2) is 54.0 Å². The number of nitrogens with zero attached hydrogens (tertiary/aromatic N) is 1. The van der Waals surface area contributed by atoms with Crippen LogP contribution >= 0.6 is 0 Å². The van der Waals surface area contributed by atoms with Crippen LogP contribution in [-0.2, 0) is 9.59 Å². The third-order valence-corrected chi connectivity index (χ3v) is 5.98. The number of carboxylic acids is 1. The summed E-state index contributed by atoms with van der Waals surface area (Å²) in [6, 6.07) is 20.0. The molecule has 7 heteroatoms. The zero-order valence-electron chi connectivity index (χ0n) is 19.4. The van der Waals surface area contributed by atoms with E-state index in [1.54, 1.807) is 18.2 Å². The van der Waals surface area contributed by atoms with Gasteiger partial charge in [0.15, 0.2) is 0 Å². The van der Waals surface area contributed by atoms with Crippen LogP contribution in [0.1, 0.15) is 35.2 Å². The molecule has 2 N–H and O–H groups in total. The van der Waals surface area contributed by atoms with E-state index in [0.717, 1.165) is 23.7 Å². The highest BCUT2D eigenvalue weighted by molar-refractivity contribution is 5.98. The lowest BCUT2D eigenvalue weighted by Gasteiger charge is -2.16. The first-order chi connectivity index (χ1) is 17.0. The molecule has 4 rings (SSSR count). The zero-order valence-corrected chi connectivity index (χ0v) is 19.4. The number of carbonyl (C=O) groups is 3. The Morgan fingerprint density at radius 3 is 2.54 bits per heavy atom. The largest absolute Gasteiger partial charge is 0.488 e. The van der Waals surface area contributed by atoms with Crippen molar-refractivity contribution in [1.29, 1.82) is 0 Å². The van der Waals surface area contributed by atoms with Gasteiger partial charge in [-0.25, -0.2) is 4.79 Å². The third-order valence-electron chi connectivity index (χ3n) is 5.98. The van der Waals surface area contributed by atoms with Gasteiger partial charge in [-0.15, -0.1) is 0 Å². The van der Waals surface area contributed by atoms with Crippen LogP contribution in [0, 0.1) is 0 Å². The van der Waals surface area contributed by atoms with Crippen LogP contribution < -0.4 is 10.1 Å². The zero-order chi connectivity index (χ0) is 24.6. The molecule has 3 aromatic rings. The Hall–Kier alpha value is -4.13. The first-order valence-electron chi connectivity index (χ1n) is 11.7. The minimum Gasteiger partial charge on any atom is -0.488 e. The summed E-state index contributed by atoms with van der Waals surface area (Å²) >= 11 is 0. The van der Waals surface area contributed by atoms with Crippen LogP contribution in [0.25, 0.3) is 16.8 Å². The predicted octanol–water partition coefficient (Wildman–Crippen LogP) is 4.13. The van der Waals surface area contributed by atoms with E-state index in [-0.39, 0.29) is 24.0 Å². The molecule has 1 saturated heterocycles. The summed E-state index contributed by atoms with van der Waals surface area (Å²) in [7, 11) is 0. The van der Waals surface area contributed by atoms with Gasteiger partial charge < -0.3 is 20.1 Å². The Balaban J connectivity index is 1.46. The number of rotatable bonds is 10. The molecular weight excluding hydrogens is 444 g/mol. The van der Waals surface area contributed by atoms with E-state index in [1.165, 1.54) is 12.1 Å². The number of hydrogen-bond donors (Lipinski definition) is 2. The number of carbonyl (C=O) groups excluding carboxylic acids is 2.